The van der Waals surface area contributed by atoms with Crippen molar-refractivity contribution in [2.24, 2.45) is 17.8 Å². The molecule has 1 aliphatic carbocycles. The van der Waals surface area contributed by atoms with E-state index in [0.29, 0.717) is 5.25 Å². The first-order valence-corrected chi connectivity index (χ1v) is 4.82. The van der Waals surface area contributed by atoms with E-state index in [4.69, 9.17) is 0 Å². The molecule has 10 heavy (non-hydrogen) atoms. The third kappa shape index (κ3) is 1.50. The molecule has 4 atom stereocenters. The first-order chi connectivity index (χ1) is 4.63. The minimum Gasteiger partial charge on any atom is -0.176 e. The molecule has 0 amide bonds. The van der Waals surface area contributed by atoms with Crippen molar-refractivity contribution in [3.05, 3.63) is 0 Å². The standard InChI is InChI=1S/C9H18S/c1-6-4-5-9(10)8(3)7(6)2/h6-10H,4-5H2,1-3H3. The van der Waals surface area contributed by atoms with Crippen molar-refractivity contribution in [1.29, 1.82) is 0 Å². The fourth-order valence-electron chi connectivity index (χ4n) is 1.83. The Bertz CT molecular complexity index is 97.3. The van der Waals surface area contributed by atoms with Gasteiger partial charge in [0.15, 0.2) is 0 Å². The van der Waals surface area contributed by atoms with Crippen LogP contribution in [0.25, 0.3) is 0 Å². The van der Waals surface area contributed by atoms with Gasteiger partial charge in [0.05, 0.1) is 0 Å². The van der Waals surface area contributed by atoms with E-state index in [1.54, 1.807) is 0 Å². The van der Waals surface area contributed by atoms with Gasteiger partial charge in [-0.25, -0.2) is 0 Å². The lowest BCUT2D eigenvalue weighted by Gasteiger charge is -2.36. The van der Waals surface area contributed by atoms with E-state index in [0.717, 1.165) is 17.8 Å². The molecule has 1 rings (SSSR count). The molecule has 0 N–H and O–H groups in total. The van der Waals surface area contributed by atoms with Gasteiger partial charge >= 0.3 is 0 Å². The monoisotopic (exact) mass is 158 g/mol. The lowest BCUT2D eigenvalue weighted by atomic mass is 9.74. The second-order valence-electron chi connectivity index (χ2n) is 3.84. The number of hydrogen-bond acceptors (Lipinski definition) is 1. The van der Waals surface area contributed by atoms with Crippen LogP contribution >= 0.6 is 12.6 Å². The van der Waals surface area contributed by atoms with E-state index in [1.807, 2.05) is 0 Å². The van der Waals surface area contributed by atoms with Crippen LogP contribution in [0.1, 0.15) is 33.6 Å². The van der Waals surface area contributed by atoms with Gasteiger partial charge in [-0.2, -0.15) is 12.6 Å². The van der Waals surface area contributed by atoms with Gasteiger partial charge in [0, 0.05) is 5.25 Å². The normalized spacial score (nSPS) is 49.2. The summed E-state index contributed by atoms with van der Waals surface area (Å²) in [5.41, 5.74) is 0. The van der Waals surface area contributed by atoms with Crippen LogP contribution in [0.5, 0.6) is 0 Å². The van der Waals surface area contributed by atoms with Crippen molar-refractivity contribution < 1.29 is 0 Å². The molecule has 60 valence electrons. The van der Waals surface area contributed by atoms with Crippen LogP contribution in [0.4, 0.5) is 0 Å². The fourth-order valence-corrected chi connectivity index (χ4v) is 2.25. The quantitative estimate of drug-likeness (QED) is 0.515. The summed E-state index contributed by atoms with van der Waals surface area (Å²) < 4.78 is 0. The van der Waals surface area contributed by atoms with Crippen LogP contribution in [0.2, 0.25) is 0 Å². The lowest BCUT2D eigenvalue weighted by molar-refractivity contribution is 0.206. The summed E-state index contributed by atoms with van der Waals surface area (Å²) in [6.07, 6.45) is 2.69. The molecule has 0 aromatic rings. The third-order valence-corrected chi connectivity index (χ3v) is 3.98. The first-order valence-electron chi connectivity index (χ1n) is 4.31. The molecule has 0 aromatic carbocycles. The molecule has 4 unspecified atom stereocenters. The molecule has 0 radical (unpaired) electrons. The van der Waals surface area contributed by atoms with Crippen molar-refractivity contribution >= 4 is 12.6 Å². The Morgan fingerprint density at radius 1 is 1.00 bits per heavy atom. The summed E-state index contributed by atoms with van der Waals surface area (Å²) in [5.74, 6) is 2.60. The average molecular weight is 158 g/mol. The predicted molar refractivity (Wildman–Crippen MR) is 49.5 cm³/mol. The van der Waals surface area contributed by atoms with Crippen molar-refractivity contribution in [3.8, 4) is 0 Å². The largest absolute Gasteiger partial charge is 0.176 e. The van der Waals surface area contributed by atoms with E-state index < -0.39 is 0 Å². The van der Waals surface area contributed by atoms with Gasteiger partial charge in [0.1, 0.15) is 0 Å². The van der Waals surface area contributed by atoms with E-state index in [2.05, 4.69) is 33.4 Å². The lowest BCUT2D eigenvalue weighted by Crippen LogP contribution is -2.30. The first kappa shape index (κ1) is 8.45. The predicted octanol–water partition coefficient (Wildman–Crippen LogP) is 2.99. The molecular weight excluding hydrogens is 140 g/mol. The molecule has 1 fully saturated rings. The molecule has 0 nitrogen and oxygen atoms in total. The highest BCUT2D eigenvalue weighted by Crippen LogP contribution is 2.36. The Morgan fingerprint density at radius 2 is 1.60 bits per heavy atom. The minimum atomic E-state index is 0.659. The molecule has 0 saturated heterocycles. The maximum Gasteiger partial charge on any atom is 0.00451 e. The molecule has 0 heterocycles. The molecule has 1 heteroatoms. The maximum atomic E-state index is 4.56. The number of hydrogen-bond donors (Lipinski definition) is 1. The maximum absolute atomic E-state index is 4.56. The van der Waals surface area contributed by atoms with Gasteiger partial charge in [-0.3, -0.25) is 0 Å². The minimum absolute atomic E-state index is 0.659. The topological polar surface area (TPSA) is 0 Å². The highest BCUT2D eigenvalue weighted by molar-refractivity contribution is 7.81. The number of rotatable bonds is 0. The van der Waals surface area contributed by atoms with Crippen molar-refractivity contribution in [2.45, 2.75) is 38.9 Å². The summed E-state index contributed by atoms with van der Waals surface area (Å²) >= 11 is 4.56. The van der Waals surface area contributed by atoms with Crippen LogP contribution in [0.15, 0.2) is 0 Å². The summed E-state index contributed by atoms with van der Waals surface area (Å²) in [6.45, 7) is 7.05. The van der Waals surface area contributed by atoms with Crippen LogP contribution in [0, 0.1) is 17.8 Å². The Labute approximate surface area is 69.8 Å². The van der Waals surface area contributed by atoms with Crippen molar-refractivity contribution in [2.75, 3.05) is 0 Å². The second-order valence-corrected chi connectivity index (χ2v) is 4.50. The van der Waals surface area contributed by atoms with E-state index >= 15 is 0 Å². The smallest absolute Gasteiger partial charge is 0.00451 e. The van der Waals surface area contributed by atoms with E-state index in [9.17, 15) is 0 Å². The van der Waals surface area contributed by atoms with E-state index in [-0.39, 0.29) is 0 Å². The van der Waals surface area contributed by atoms with Crippen molar-refractivity contribution in [1.82, 2.24) is 0 Å². The SMILES string of the molecule is CC1CCC(S)C(C)C1C. The van der Waals surface area contributed by atoms with Crippen LogP contribution in [-0.2, 0) is 0 Å². The highest BCUT2D eigenvalue weighted by Gasteiger charge is 2.29. The van der Waals surface area contributed by atoms with Crippen LogP contribution < -0.4 is 0 Å². The average Bonchev–Trinajstić information content (AvgIpc) is 1.93. The fraction of sp³-hybridized carbons (Fsp3) is 1.00. The van der Waals surface area contributed by atoms with Gasteiger partial charge in [0.25, 0.3) is 0 Å². The van der Waals surface area contributed by atoms with Crippen molar-refractivity contribution in [3.63, 3.8) is 0 Å². The third-order valence-electron chi connectivity index (χ3n) is 3.25. The summed E-state index contributed by atoms with van der Waals surface area (Å²) in [4.78, 5) is 0. The molecule has 1 aliphatic rings. The molecule has 1 saturated carbocycles. The number of thiol groups is 1. The molecule has 0 spiro atoms. The van der Waals surface area contributed by atoms with Gasteiger partial charge in [0.2, 0.25) is 0 Å². The van der Waals surface area contributed by atoms with E-state index in [1.165, 1.54) is 12.8 Å². The Kier molecular flexibility index (Phi) is 2.67. The molecule has 0 aliphatic heterocycles. The molecular formula is C9H18S. The summed E-state index contributed by atoms with van der Waals surface area (Å²) in [7, 11) is 0. The molecule has 0 aromatic heterocycles. The van der Waals surface area contributed by atoms with Crippen LogP contribution in [-0.4, -0.2) is 5.25 Å². The van der Waals surface area contributed by atoms with Gasteiger partial charge < -0.3 is 0 Å². The van der Waals surface area contributed by atoms with Gasteiger partial charge in [-0.05, 0) is 30.6 Å². The second kappa shape index (κ2) is 3.17. The molecule has 0 bridgehead atoms. The van der Waals surface area contributed by atoms with Gasteiger partial charge in [-0.1, -0.05) is 20.8 Å². The van der Waals surface area contributed by atoms with Crippen LogP contribution in [0.3, 0.4) is 0 Å². The Balaban J connectivity index is 2.52. The Morgan fingerprint density at radius 3 is 2.10 bits per heavy atom. The zero-order valence-electron chi connectivity index (χ0n) is 7.17. The highest BCUT2D eigenvalue weighted by atomic mass is 32.1. The van der Waals surface area contributed by atoms with Gasteiger partial charge in [-0.15, -0.1) is 0 Å². The Hall–Kier alpha value is 0.350. The summed E-state index contributed by atoms with van der Waals surface area (Å²) in [6, 6.07) is 0. The summed E-state index contributed by atoms with van der Waals surface area (Å²) in [5, 5.41) is 0.659. The zero-order valence-corrected chi connectivity index (χ0v) is 8.07. The zero-order chi connectivity index (χ0) is 7.72.